The van der Waals surface area contributed by atoms with Gasteiger partial charge >= 0.3 is 17.9 Å². The second-order valence-corrected chi connectivity index (χ2v) is 8.21. The molecular formula is C25H31N3O9. The van der Waals surface area contributed by atoms with E-state index in [1.54, 1.807) is 34.6 Å². The molecule has 1 aliphatic rings. The number of ether oxygens (including phenoxy) is 3. The Bertz CT molecular complexity index is 1120. The molecule has 37 heavy (non-hydrogen) atoms. The fourth-order valence-electron chi connectivity index (χ4n) is 3.64. The number of esters is 3. The van der Waals surface area contributed by atoms with E-state index in [4.69, 9.17) is 14.2 Å². The number of dihydropyridines is 1. The van der Waals surface area contributed by atoms with Gasteiger partial charge in [-0.2, -0.15) is 0 Å². The Morgan fingerprint density at radius 1 is 1.03 bits per heavy atom. The van der Waals surface area contributed by atoms with Gasteiger partial charge < -0.3 is 24.8 Å². The Balaban J connectivity index is 2.72. The summed E-state index contributed by atoms with van der Waals surface area (Å²) >= 11 is 0. The van der Waals surface area contributed by atoms with Crippen LogP contribution in [0.15, 0.2) is 47.3 Å². The number of nitrogens with one attached hydrogen (secondary N) is 2. The molecule has 200 valence electrons. The molecule has 0 aromatic heterocycles. The topological polar surface area (TPSA) is 163 Å². The van der Waals surface area contributed by atoms with Gasteiger partial charge in [0.1, 0.15) is 17.4 Å². The second-order valence-electron chi connectivity index (χ2n) is 8.21. The zero-order valence-electron chi connectivity index (χ0n) is 21.4. The third-order valence-electron chi connectivity index (χ3n) is 5.33. The molecule has 2 N–H and O–H groups in total. The van der Waals surface area contributed by atoms with Crippen molar-refractivity contribution in [1.82, 2.24) is 10.6 Å². The Morgan fingerprint density at radius 3 is 2.22 bits per heavy atom. The number of nitrogens with zero attached hydrogens (tertiary/aromatic N) is 1. The first-order valence-electron chi connectivity index (χ1n) is 11.8. The quantitative estimate of drug-likeness (QED) is 0.193. The first-order valence-corrected chi connectivity index (χ1v) is 11.8. The molecule has 0 bridgehead atoms. The van der Waals surface area contributed by atoms with Crippen molar-refractivity contribution in [2.45, 2.75) is 46.6 Å². The zero-order chi connectivity index (χ0) is 27.7. The van der Waals surface area contributed by atoms with Crippen LogP contribution < -0.4 is 10.6 Å². The summed E-state index contributed by atoms with van der Waals surface area (Å²) in [6.45, 7) is 8.31. The lowest BCUT2D eigenvalue weighted by molar-refractivity contribution is -0.384. The van der Waals surface area contributed by atoms with Crippen LogP contribution in [0.2, 0.25) is 0 Å². The molecule has 0 saturated carbocycles. The second kappa shape index (κ2) is 13.2. The third-order valence-corrected chi connectivity index (χ3v) is 5.33. The van der Waals surface area contributed by atoms with Gasteiger partial charge in [-0.15, -0.1) is 0 Å². The lowest BCUT2D eigenvalue weighted by atomic mass is 9.85. The number of allylic oxidation sites excluding steroid dienone is 1. The number of hydrogen-bond acceptors (Lipinski definition) is 10. The Kier molecular flexibility index (Phi) is 10.3. The molecule has 1 aromatic rings. The number of nitro groups is 1. The van der Waals surface area contributed by atoms with Crippen LogP contribution in [0.5, 0.6) is 0 Å². The number of amides is 1. The third kappa shape index (κ3) is 7.15. The Morgan fingerprint density at radius 2 is 1.65 bits per heavy atom. The summed E-state index contributed by atoms with van der Waals surface area (Å²) in [5, 5.41) is 16.6. The highest BCUT2D eigenvalue weighted by Crippen LogP contribution is 2.35. The smallest absolute Gasteiger partial charge is 0.355 e. The Hall–Kier alpha value is -4.22. The van der Waals surface area contributed by atoms with Crippen LogP contribution in [0.4, 0.5) is 5.69 Å². The summed E-state index contributed by atoms with van der Waals surface area (Å²) in [5.41, 5.74) is -0.703. The molecule has 1 aromatic carbocycles. The van der Waals surface area contributed by atoms with Crippen LogP contribution in [0.1, 0.15) is 46.1 Å². The lowest BCUT2D eigenvalue weighted by Gasteiger charge is -2.29. The largest absolute Gasteiger partial charge is 0.464 e. The van der Waals surface area contributed by atoms with E-state index in [0.29, 0.717) is 0 Å². The highest BCUT2D eigenvalue weighted by Gasteiger charge is 2.37. The fourth-order valence-corrected chi connectivity index (χ4v) is 3.64. The van der Waals surface area contributed by atoms with E-state index in [-0.39, 0.29) is 54.0 Å². The predicted molar refractivity (Wildman–Crippen MR) is 131 cm³/mol. The molecule has 0 aliphatic carbocycles. The van der Waals surface area contributed by atoms with Gasteiger partial charge in [0.2, 0.25) is 0 Å². The van der Waals surface area contributed by atoms with E-state index in [2.05, 4.69) is 10.6 Å². The van der Waals surface area contributed by atoms with Gasteiger partial charge in [0.25, 0.3) is 11.6 Å². The monoisotopic (exact) mass is 517 g/mol. The van der Waals surface area contributed by atoms with Crippen molar-refractivity contribution in [3.63, 3.8) is 0 Å². The summed E-state index contributed by atoms with van der Waals surface area (Å²) < 4.78 is 15.2. The summed E-state index contributed by atoms with van der Waals surface area (Å²) in [5.74, 6) is -4.69. The maximum Gasteiger partial charge on any atom is 0.355 e. The van der Waals surface area contributed by atoms with E-state index < -0.39 is 40.7 Å². The van der Waals surface area contributed by atoms with E-state index in [0.717, 1.165) is 0 Å². The molecule has 2 rings (SSSR count). The standard InChI is InChI=1S/C25H31N3O9/c1-6-35-23(30)18-13-17(15-10-9-11-16(12-15)28(33)34)19(21(26-18)25(32)37-8-3)22(29)27-20(14(4)5)24(31)36-7-2/h9-14,17,20,26H,6-8H2,1-5H3,(H,27,29)/t17-,20?/m0/s1. The summed E-state index contributed by atoms with van der Waals surface area (Å²) in [6, 6.07) is 4.39. The van der Waals surface area contributed by atoms with Gasteiger partial charge in [-0.1, -0.05) is 26.0 Å². The van der Waals surface area contributed by atoms with Crippen LogP contribution in [0, 0.1) is 16.0 Å². The zero-order valence-corrected chi connectivity index (χ0v) is 21.4. The molecule has 2 atom stereocenters. The average Bonchev–Trinajstić information content (AvgIpc) is 2.86. The molecule has 0 radical (unpaired) electrons. The molecular weight excluding hydrogens is 486 g/mol. The molecule has 12 nitrogen and oxygen atoms in total. The minimum absolute atomic E-state index is 0.0315. The maximum absolute atomic E-state index is 13.6. The van der Waals surface area contributed by atoms with Crippen LogP contribution in [0.25, 0.3) is 0 Å². The van der Waals surface area contributed by atoms with Gasteiger partial charge in [-0.25, -0.2) is 14.4 Å². The summed E-state index contributed by atoms with van der Waals surface area (Å²) in [7, 11) is 0. The van der Waals surface area contributed by atoms with Crippen LogP contribution in [-0.2, 0) is 33.4 Å². The van der Waals surface area contributed by atoms with Crippen molar-refractivity contribution in [3.8, 4) is 0 Å². The number of rotatable bonds is 11. The molecule has 12 heteroatoms. The minimum atomic E-state index is -1.10. The van der Waals surface area contributed by atoms with Crippen LogP contribution in [0.3, 0.4) is 0 Å². The van der Waals surface area contributed by atoms with E-state index in [1.807, 2.05) is 0 Å². The molecule has 1 heterocycles. The van der Waals surface area contributed by atoms with E-state index in [1.165, 1.54) is 30.3 Å². The lowest BCUT2D eigenvalue weighted by Crippen LogP contribution is -2.48. The SMILES string of the molecule is CCOC(=O)C1=C[C@@H](c2cccc([N+](=O)[O-])c2)C(C(=O)NC(C(=O)OCC)C(C)C)=C(C(=O)OCC)N1. The van der Waals surface area contributed by atoms with Crippen molar-refractivity contribution in [2.75, 3.05) is 19.8 Å². The molecule has 0 saturated heterocycles. The van der Waals surface area contributed by atoms with Crippen molar-refractivity contribution >= 4 is 29.5 Å². The number of carbonyl (C=O) groups excluding carboxylic acids is 4. The first kappa shape index (κ1) is 29.0. The first-order chi connectivity index (χ1) is 17.5. The summed E-state index contributed by atoms with van der Waals surface area (Å²) in [4.78, 5) is 62.5. The molecule has 1 aliphatic heterocycles. The molecule has 0 spiro atoms. The van der Waals surface area contributed by atoms with E-state index >= 15 is 0 Å². The average molecular weight is 518 g/mol. The maximum atomic E-state index is 13.6. The van der Waals surface area contributed by atoms with Gasteiger partial charge in [0.05, 0.1) is 30.3 Å². The number of hydrogen-bond donors (Lipinski definition) is 2. The van der Waals surface area contributed by atoms with E-state index in [9.17, 15) is 29.3 Å². The number of non-ortho nitro benzene ring substituents is 1. The van der Waals surface area contributed by atoms with Crippen molar-refractivity contribution < 1.29 is 38.3 Å². The van der Waals surface area contributed by atoms with Gasteiger partial charge in [0, 0.05) is 18.1 Å². The van der Waals surface area contributed by atoms with Gasteiger partial charge in [-0.3, -0.25) is 14.9 Å². The minimum Gasteiger partial charge on any atom is -0.464 e. The van der Waals surface area contributed by atoms with Crippen LogP contribution in [-0.4, -0.2) is 54.6 Å². The number of carbonyl (C=O) groups is 4. The van der Waals surface area contributed by atoms with Gasteiger partial charge in [-0.05, 0) is 38.3 Å². The highest BCUT2D eigenvalue weighted by atomic mass is 16.6. The highest BCUT2D eigenvalue weighted by molar-refractivity contribution is 6.07. The molecule has 0 fully saturated rings. The van der Waals surface area contributed by atoms with Crippen molar-refractivity contribution in [3.05, 3.63) is 63.0 Å². The van der Waals surface area contributed by atoms with Crippen molar-refractivity contribution in [2.24, 2.45) is 5.92 Å². The fraction of sp³-hybridized carbons (Fsp3) is 0.440. The summed E-state index contributed by atoms with van der Waals surface area (Å²) in [6.07, 6.45) is 1.34. The Labute approximate surface area is 214 Å². The molecule has 1 unspecified atom stereocenters. The number of benzene rings is 1. The number of nitro benzene ring substituents is 1. The predicted octanol–water partition coefficient (Wildman–Crippen LogP) is 2.25. The van der Waals surface area contributed by atoms with Crippen LogP contribution >= 0.6 is 0 Å². The van der Waals surface area contributed by atoms with Crippen molar-refractivity contribution in [1.29, 1.82) is 0 Å². The van der Waals surface area contributed by atoms with Gasteiger partial charge in [0.15, 0.2) is 0 Å². The molecule has 1 amide bonds. The normalized spacial score (nSPS) is 15.7.